The molecule has 0 saturated carbocycles. The van der Waals surface area contributed by atoms with Crippen molar-refractivity contribution in [2.45, 2.75) is 13.8 Å². The van der Waals surface area contributed by atoms with Crippen LogP contribution in [-0.4, -0.2) is 36.2 Å². The van der Waals surface area contributed by atoms with E-state index in [1.54, 1.807) is 36.4 Å². The molecule has 0 spiro atoms. The van der Waals surface area contributed by atoms with E-state index in [0.717, 1.165) is 0 Å². The first-order chi connectivity index (χ1) is 14.3. The van der Waals surface area contributed by atoms with E-state index in [-0.39, 0.29) is 0 Å². The van der Waals surface area contributed by atoms with Gasteiger partial charge in [-0.1, -0.05) is 24.3 Å². The number of nitrogens with zero attached hydrogens (tertiary/aromatic N) is 2. The molecule has 2 amide bonds. The summed E-state index contributed by atoms with van der Waals surface area (Å²) in [6.45, 7) is 2.55. The summed E-state index contributed by atoms with van der Waals surface area (Å²) < 4.78 is 9.87. The largest absolute Gasteiger partial charge is 0.427 e. The third-order valence-electron chi connectivity index (χ3n) is 3.21. The average molecular weight is 410 g/mol. The molecule has 10 nitrogen and oxygen atoms in total. The molecule has 0 aliphatic carbocycles. The first-order valence-corrected chi connectivity index (χ1v) is 8.57. The van der Waals surface area contributed by atoms with E-state index in [1.807, 2.05) is 10.9 Å². The number of rotatable bonds is 6. The molecule has 0 saturated heterocycles. The summed E-state index contributed by atoms with van der Waals surface area (Å²) in [4.78, 5) is 45.4. The quantitative estimate of drug-likeness (QED) is 0.241. The van der Waals surface area contributed by atoms with Gasteiger partial charge in [-0.2, -0.15) is 10.2 Å². The van der Waals surface area contributed by atoms with Gasteiger partial charge in [0.25, 0.3) is 0 Å². The number of carbonyl (C=O) groups is 4. The van der Waals surface area contributed by atoms with Gasteiger partial charge in [-0.25, -0.2) is 10.9 Å². The Morgan fingerprint density at radius 3 is 1.50 bits per heavy atom. The highest BCUT2D eigenvalue weighted by Gasteiger charge is 2.11. The lowest BCUT2D eigenvalue weighted by Crippen LogP contribution is -2.35. The van der Waals surface area contributed by atoms with Crippen LogP contribution >= 0.6 is 0 Å². The second-order valence-corrected chi connectivity index (χ2v) is 5.73. The summed E-state index contributed by atoms with van der Waals surface area (Å²) in [5.74, 6) is -2.35. The smallest absolute Gasteiger partial charge is 0.331 e. The summed E-state index contributed by atoms with van der Waals surface area (Å²) >= 11 is 0. The number of esters is 2. The minimum Gasteiger partial charge on any atom is -0.427 e. The molecule has 0 unspecified atom stereocenters. The summed E-state index contributed by atoms with van der Waals surface area (Å²) in [6, 6.07) is 12.8. The normalized spacial score (nSPS) is 10.6. The molecule has 0 radical (unpaired) electrons. The molecule has 154 valence electrons. The molecule has 0 aromatic heterocycles. The predicted molar refractivity (Wildman–Crippen MR) is 107 cm³/mol. The Balaban J connectivity index is 1.86. The Morgan fingerprint density at radius 1 is 0.733 bits per heavy atom. The summed E-state index contributed by atoms with van der Waals surface area (Å²) in [5, 5.41) is 7.32. The second-order valence-electron chi connectivity index (χ2n) is 5.73. The van der Waals surface area contributed by atoms with Gasteiger partial charge < -0.3 is 9.47 Å². The monoisotopic (exact) mass is 410 g/mol. The molecular weight excluding hydrogens is 392 g/mol. The fourth-order valence-corrected chi connectivity index (χ4v) is 2.08. The van der Waals surface area contributed by atoms with Crippen LogP contribution in [0.2, 0.25) is 0 Å². The van der Waals surface area contributed by atoms with E-state index in [2.05, 4.69) is 10.2 Å². The van der Waals surface area contributed by atoms with Crippen molar-refractivity contribution in [2.75, 3.05) is 0 Å². The third kappa shape index (κ3) is 7.72. The Kier molecular flexibility index (Phi) is 7.94. The van der Waals surface area contributed by atoms with Gasteiger partial charge in [0.1, 0.15) is 11.5 Å². The van der Waals surface area contributed by atoms with E-state index in [1.165, 1.54) is 38.4 Å². The molecule has 0 aliphatic rings. The minimum absolute atomic E-state index is 0.322. The number of hydrogen-bond acceptors (Lipinski definition) is 8. The molecule has 30 heavy (non-hydrogen) atoms. The van der Waals surface area contributed by atoms with Crippen LogP contribution in [0.4, 0.5) is 0 Å². The van der Waals surface area contributed by atoms with Crippen LogP contribution in [0, 0.1) is 0 Å². The van der Waals surface area contributed by atoms with Crippen molar-refractivity contribution in [1.82, 2.24) is 10.9 Å². The zero-order valence-electron chi connectivity index (χ0n) is 16.1. The van der Waals surface area contributed by atoms with E-state index < -0.39 is 23.8 Å². The van der Waals surface area contributed by atoms with Crippen molar-refractivity contribution < 1.29 is 28.7 Å². The standard InChI is InChI=1S/C20H18N4O6/c1-13(25)29-17-7-3-5-15(9-17)11-21-23-19(27)20(28)24-22-12-16-6-4-8-18(10-16)30-14(2)26/h3-12H,1-2H3,(H,23,27)(H,24,28). The van der Waals surface area contributed by atoms with Gasteiger partial charge in [0.2, 0.25) is 0 Å². The van der Waals surface area contributed by atoms with E-state index >= 15 is 0 Å². The maximum atomic E-state index is 11.7. The first-order valence-electron chi connectivity index (χ1n) is 8.57. The fraction of sp³-hybridized carbons (Fsp3) is 0.100. The summed E-state index contributed by atoms with van der Waals surface area (Å²) in [6.07, 6.45) is 2.56. The Bertz CT molecular complexity index is 934. The molecule has 0 heterocycles. The van der Waals surface area contributed by atoms with Crippen LogP contribution in [0.25, 0.3) is 0 Å². The molecule has 0 fully saturated rings. The molecule has 0 bridgehead atoms. The van der Waals surface area contributed by atoms with Gasteiger partial charge in [-0.05, 0) is 35.4 Å². The molecule has 10 heteroatoms. The second kappa shape index (κ2) is 10.9. The van der Waals surface area contributed by atoms with Crippen molar-refractivity contribution in [3.8, 4) is 11.5 Å². The van der Waals surface area contributed by atoms with E-state index in [9.17, 15) is 19.2 Å². The molecule has 2 N–H and O–H groups in total. The highest BCUT2D eigenvalue weighted by Crippen LogP contribution is 2.12. The molecule has 0 atom stereocenters. The lowest BCUT2D eigenvalue weighted by atomic mass is 10.2. The van der Waals surface area contributed by atoms with Crippen molar-refractivity contribution in [3.63, 3.8) is 0 Å². The third-order valence-corrected chi connectivity index (χ3v) is 3.21. The van der Waals surface area contributed by atoms with Crippen molar-refractivity contribution >= 4 is 36.2 Å². The molecule has 2 aromatic rings. The average Bonchev–Trinajstić information content (AvgIpc) is 2.67. The SMILES string of the molecule is CC(=O)Oc1cccc(C=NNC(=O)C(=O)NN=Cc2cccc(OC(C)=O)c2)c1. The number of hydrogen-bond donors (Lipinski definition) is 2. The zero-order chi connectivity index (χ0) is 21.9. The van der Waals surface area contributed by atoms with Crippen LogP contribution < -0.4 is 20.3 Å². The molecular formula is C20H18N4O6. The maximum Gasteiger partial charge on any atom is 0.331 e. The Hall–Kier alpha value is -4.34. The van der Waals surface area contributed by atoms with Gasteiger partial charge in [0.15, 0.2) is 0 Å². The van der Waals surface area contributed by atoms with E-state index in [4.69, 9.17) is 9.47 Å². The maximum absolute atomic E-state index is 11.7. The van der Waals surface area contributed by atoms with Gasteiger partial charge in [0, 0.05) is 13.8 Å². The molecule has 2 aromatic carbocycles. The van der Waals surface area contributed by atoms with Gasteiger partial charge in [0.05, 0.1) is 12.4 Å². The first kappa shape index (κ1) is 22.0. The number of hydrazone groups is 2. The van der Waals surface area contributed by atoms with Crippen LogP contribution in [0.15, 0.2) is 58.7 Å². The Morgan fingerprint density at radius 2 is 1.13 bits per heavy atom. The van der Waals surface area contributed by atoms with Crippen molar-refractivity contribution in [2.24, 2.45) is 10.2 Å². The number of nitrogens with one attached hydrogen (secondary N) is 2. The van der Waals surface area contributed by atoms with Crippen LogP contribution in [0.1, 0.15) is 25.0 Å². The Labute approximate surface area is 171 Å². The van der Waals surface area contributed by atoms with Crippen molar-refractivity contribution in [1.29, 1.82) is 0 Å². The lowest BCUT2D eigenvalue weighted by Gasteiger charge is -2.02. The predicted octanol–water partition coefficient (Wildman–Crippen LogP) is 1.14. The fourth-order valence-electron chi connectivity index (χ4n) is 2.08. The number of carbonyl (C=O) groups excluding carboxylic acids is 4. The van der Waals surface area contributed by atoms with E-state index in [0.29, 0.717) is 22.6 Å². The highest BCUT2D eigenvalue weighted by molar-refractivity contribution is 6.35. The van der Waals surface area contributed by atoms with Crippen molar-refractivity contribution in [3.05, 3.63) is 59.7 Å². The number of benzene rings is 2. The van der Waals surface area contributed by atoms with Gasteiger partial charge >= 0.3 is 23.8 Å². The van der Waals surface area contributed by atoms with Crippen LogP contribution in [-0.2, 0) is 19.2 Å². The number of amides is 2. The summed E-state index contributed by atoms with van der Waals surface area (Å²) in [5.41, 5.74) is 5.18. The van der Waals surface area contributed by atoms with Gasteiger partial charge in [-0.15, -0.1) is 0 Å². The van der Waals surface area contributed by atoms with Crippen LogP contribution in [0.5, 0.6) is 11.5 Å². The lowest BCUT2D eigenvalue weighted by molar-refractivity contribution is -0.139. The minimum atomic E-state index is -1.03. The van der Waals surface area contributed by atoms with Crippen LogP contribution in [0.3, 0.4) is 0 Å². The summed E-state index contributed by atoms with van der Waals surface area (Å²) in [7, 11) is 0. The number of ether oxygens (including phenoxy) is 2. The van der Waals surface area contributed by atoms with Gasteiger partial charge in [-0.3, -0.25) is 19.2 Å². The molecule has 2 rings (SSSR count). The molecule has 0 aliphatic heterocycles. The zero-order valence-corrected chi connectivity index (χ0v) is 16.1. The topological polar surface area (TPSA) is 136 Å². The highest BCUT2D eigenvalue weighted by atomic mass is 16.5.